The number of hydrogen-bond donors (Lipinski definition) is 1. The van der Waals surface area contributed by atoms with Crippen molar-refractivity contribution in [2.24, 2.45) is 0 Å². The van der Waals surface area contributed by atoms with Crippen LogP contribution in [0.25, 0.3) is 0 Å². The van der Waals surface area contributed by atoms with Gasteiger partial charge in [0.1, 0.15) is 42.4 Å². The van der Waals surface area contributed by atoms with Crippen molar-refractivity contribution in [1.29, 1.82) is 0 Å². The Labute approximate surface area is 293 Å². The maximum Gasteiger partial charge on any atom is 0.303 e. The molecule has 1 aromatic rings. The van der Waals surface area contributed by atoms with Crippen molar-refractivity contribution in [2.45, 2.75) is 113 Å². The summed E-state index contributed by atoms with van der Waals surface area (Å²) in [6.07, 6.45) is -8.23. The number of esters is 6. The molecule has 0 bridgehead atoms. The van der Waals surface area contributed by atoms with E-state index < -0.39 is 113 Å². The van der Waals surface area contributed by atoms with Crippen molar-refractivity contribution in [3.63, 3.8) is 0 Å². The molecule has 0 aromatic heterocycles. The lowest BCUT2D eigenvalue weighted by molar-refractivity contribution is -0.238. The second kappa shape index (κ2) is 17.9. The average molecular weight is 748 g/mol. The highest BCUT2D eigenvalue weighted by molar-refractivity contribution is 8.00. The van der Waals surface area contributed by atoms with Gasteiger partial charge in [0.05, 0.1) is 10.9 Å². The van der Waals surface area contributed by atoms with Gasteiger partial charge in [-0.15, -0.1) is 0 Å². The smallest absolute Gasteiger partial charge is 0.303 e. The Bertz CT molecular complexity index is 1520. The van der Waals surface area contributed by atoms with Crippen LogP contribution < -0.4 is 4.72 Å². The van der Waals surface area contributed by atoms with Crippen molar-refractivity contribution in [3.8, 4) is 0 Å². The molecule has 1 N–H and O–H groups in total. The van der Waals surface area contributed by atoms with E-state index in [1.165, 1.54) is 12.1 Å². The molecule has 50 heavy (non-hydrogen) atoms. The zero-order valence-corrected chi connectivity index (χ0v) is 30.1. The molecular formula is C31H41NO16S2. The summed E-state index contributed by atoms with van der Waals surface area (Å²) in [5.74, 6) is -4.61. The van der Waals surface area contributed by atoms with E-state index in [1.54, 1.807) is 19.1 Å². The third kappa shape index (κ3) is 11.9. The van der Waals surface area contributed by atoms with Gasteiger partial charge in [-0.2, -0.15) is 0 Å². The van der Waals surface area contributed by atoms with Crippen LogP contribution >= 0.6 is 11.8 Å². The first-order valence-electron chi connectivity index (χ1n) is 15.4. The highest BCUT2D eigenvalue weighted by atomic mass is 32.2. The van der Waals surface area contributed by atoms with Crippen LogP contribution in [0.1, 0.15) is 53.5 Å². The number of benzene rings is 1. The second-order valence-corrected chi connectivity index (χ2v) is 14.4. The van der Waals surface area contributed by atoms with Gasteiger partial charge in [-0.25, -0.2) is 13.1 Å². The average Bonchev–Trinajstić information content (AvgIpc) is 2.98. The van der Waals surface area contributed by atoms with Gasteiger partial charge in [0.25, 0.3) is 0 Å². The Hall–Kier alpha value is -3.78. The minimum atomic E-state index is -4.22. The highest BCUT2D eigenvalue weighted by Gasteiger charge is 2.54. The van der Waals surface area contributed by atoms with E-state index in [-0.39, 0.29) is 11.3 Å². The normalized spacial score (nSPS) is 28.0. The van der Waals surface area contributed by atoms with Crippen molar-refractivity contribution < 1.29 is 75.1 Å². The quantitative estimate of drug-likeness (QED) is 0.220. The SMILES string of the molecule is CC(=O)OC[C@H]1O[C@@H](S[C@@H]2C[C@H](NS(=O)(=O)c3ccc(C)cc3)[C@H](OC(C)=O)[C@@H](COC(C)=O)O2)[C@H](OC(C)=O)[C@@H](OC(C)=O)[C@@H]1OC(C)=O. The molecule has 0 radical (unpaired) electrons. The number of carbonyl (C=O) groups excluding carboxylic acids is 6. The van der Waals surface area contributed by atoms with E-state index in [1.807, 2.05) is 0 Å². The molecule has 0 saturated carbocycles. The molecule has 0 aliphatic carbocycles. The van der Waals surface area contributed by atoms with Gasteiger partial charge < -0.3 is 37.9 Å². The summed E-state index contributed by atoms with van der Waals surface area (Å²) in [6, 6.07) is 4.85. The minimum Gasteiger partial charge on any atom is -0.463 e. The zero-order valence-electron chi connectivity index (χ0n) is 28.5. The number of hydrogen-bond acceptors (Lipinski definition) is 17. The van der Waals surface area contributed by atoms with Crippen LogP contribution in [0.4, 0.5) is 0 Å². The molecule has 2 heterocycles. The van der Waals surface area contributed by atoms with E-state index in [2.05, 4.69) is 4.72 Å². The van der Waals surface area contributed by atoms with E-state index in [0.717, 1.165) is 58.9 Å². The molecule has 3 rings (SSSR count). The standard InChI is InChI=1S/C31H41NO16S2/c1-15-8-10-22(11-9-15)50(39,40)32-23-12-26(47-24(13-41-16(2)33)27(23)43-18(4)35)49-31-30(46-21(7)38)29(45-20(6)37)28(44-19(5)36)25(48-31)14-42-17(3)34/h8-11,23-32H,12-14H2,1-7H3/t23-,24+,25+,26+,27-,28+,29-,30+,31-/m0/s1. The lowest BCUT2D eigenvalue weighted by Crippen LogP contribution is -2.62. The molecule has 9 atom stereocenters. The molecule has 2 aliphatic heterocycles. The molecule has 0 spiro atoms. The van der Waals surface area contributed by atoms with Gasteiger partial charge in [0.2, 0.25) is 10.0 Å². The molecule has 19 heteroatoms. The van der Waals surface area contributed by atoms with Crippen molar-refractivity contribution in [1.82, 2.24) is 4.72 Å². The Morgan fingerprint density at radius 2 is 1.14 bits per heavy atom. The predicted molar refractivity (Wildman–Crippen MR) is 170 cm³/mol. The number of thioether (sulfide) groups is 1. The molecule has 278 valence electrons. The molecule has 2 fully saturated rings. The summed E-state index contributed by atoms with van der Waals surface area (Å²) in [6.45, 7) is 7.52. The summed E-state index contributed by atoms with van der Waals surface area (Å²) < 4.78 is 74.2. The fourth-order valence-corrected chi connectivity index (χ4v) is 7.90. The monoisotopic (exact) mass is 747 g/mol. The van der Waals surface area contributed by atoms with Gasteiger partial charge in [-0.3, -0.25) is 28.8 Å². The van der Waals surface area contributed by atoms with Crippen LogP contribution in [0, 0.1) is 6.92 Å². The Morgan fingerprint density at radius 1 is 0.680 bits per heavy atom. The number of carbonyl (C=O) groups is 6. The molecule has 0 amide bonds. The maximum atomic E-state index is 13.5. The first kappa shape index (κ1) is 40.6. The maximum absolute atomic E-state index is 13.5. The summed E-state index contributed by atoms with van der Waals surface area (Å²) in [7, 11) is -4.22. The Balaban J connectivity index is 2.05. The molecule has 0 unspecified atom stereocenters. The Kier molecular flexibility index (Phi) is 14.6. The molecule has 17 nitrogen and oxygen atoms in total. The fraction of sp³-hybridized carbons (Fsp3) is 0.613. The number of aryl methyl sites for hydroxylation is 1. The summed E-state index contributed by atoms with van der Waals surface area (Å²) >= 11 is 0.858. The van der Waals surface area contributed by atoms with Gasteiger partial charge in [-0.05, 0) is 19.1 Å². The van der Waals surface area contributed by atoms with Crippen LogP contribution in [0.5, 0.6) is 0 Å². The first-order chi connectivity index (χ1) is 23.4. The third-order valence-corrected chi connectivity index (χ3v) is 9.92. The van der Waals surface area contributed by atoms with E-state index in [4.69, 9.17) is 37.9 Å². The number of nitrogens with one attached hydrogen (secondary N) is 1. The third-order valence-electron chi connectivity index (χ3n) is 7.16. The van der Waals surface area contributed by atoms with E-state index in [0.29, 0.717) is 0 Å². The van der Waals surface area contributed by atoms with Gasteiger partial charge in [-0.1, -0.05) is 29.5 Å². The van der Waals surface area contributed by atoms with Crippen LogP contribution in [-0.2, 0) is 76.7 Å². The molecule has 2 saturated heterocycles. The van der Waals surface area contributed by atoms with Crippen molar-refractivity contribution >= 4 is 57.6 Å². The highest BCUT2D eigenvalue weighted by Crippen LogP contribution is 2.40. The second-order valence-electron chi connectivity index (χ2n) is 11.5. The summed E-state index contributed by atoms with van der Waals surface area (Å²) in [5.41, 5.74) is -1.53. The summed E-state index contributed by atoms with van der Waals surface area (Å²) in [5, 5.41) is 0. The first-order valence-corrected chi connectivity index (χ1v) is 17.8. The lowest BCUT2D eigenvalue weighted by Gasteiger charge is -2.46. The van der Waals surface area contributed by atoms with Crippen LogP contribution in [0.3, 0.4) is 0 Å². The van der Waals surface area contributed by atoms with Crippen LogP contribution in [-0.4, -0.2) is 111 Å². The predicted octanol–water partition coefficient (Wildman–Crippen LogP) is 1.07. The number of ether oxygens (including phenoxy) is 8. The largest absolute Gasteiger partial charge is 0.463 e. The molecular weight excluding hydrogens is 706 g/mol. The number of rotatable bonds is 13. The van der Waals surface area contributed by atoms with E-state index in [9.17, 15) is 37.2 Å². The molecule has 2 aliphatic rings. The van der Waals surface area contributed by atoms with Gasteiger partial charge in [0, 0.05) is 48.0 Å². The number of sulfonamides is 1. The minimum absolute atomic E-state index is 0.0727. The van der Waals surface area contributed by atoms with Crippen molar-refractivity contribution in [3.05, 3.63) is 29.8 Å². The summed E-state index contributed by atoms with van der Waals surface area (Å²) in [4.78, 5) is 72.2. The van der Waals surface area contributed by atoms with Crippen LogP contribution in [0.2, 0.25) is 0 Å². The lowest BCUT2D eigenvalue weighted by atomic mass is 9.99. The molecule has 1 aromatic carbocycles. The van der Waals surface area contributed by atoms with Gasteiger partial charge >= 0.3 is 35.8 Å². The van der Waals surface area contributed by atoms with Crippen molar-refractivity contribution in [2.75, 3.05) is 13.2 Å². The topological polar surface area (TPSA) is 222 Å². The van der Waals surface area contributed by atoms with Gasteiger partial charge in [0.15, 0.2) is 18.3 Å². The van der Waals surface area contributed by atoms with Crippen LogP contribution in [0.15, 0.2) is 29.2 Å². The fourth-order valence-electron chi connectivity index (χ4n) is 5.25. The zero-order chi connectivity index (χ0) is 37.3. The van der Waals surface area contributed by atoms with E-state index >= 15 is 0 Å². The Morgan fingerprint density at radius 3 is 1.64 bits per heavy atom.